The molecule has 11 rings (SSSR count). The van der Waals surface area contributed by atoms with Gasteiger partial charge in [0, 0.05) is 43.1 Å². The Morgan fingerprint density at radius 1 is 0.417 bits per heavy atom. The summed E-state index contributed by atoms with van der Waals surface area (Å²) in [7, 11) is 0. The first-order valence-corrected chi connectivity index (χ1v) is 16.7. The summed E-state index contributed by atoms with van der Waals surface area (Å²) in [5.41, 5.74) is 13.3. The second kappa shape index (κ2) is 9.27. The number of nitrogens with zero attached hydrogens (tertiary/aromatic N) is 1. The fraction of sp³-hybridized carbons (Fsp3) is 0.0667. The highest BCUT2D eigenvalue weighted by atomic mass is 16.3. The van der Waals surface area contributed by atoms with E-state index in [2.05, 4.69) is 140 Å². The van der Waals surface area contributed by atoms with Crippen molar-refractivity contribution >= 4 is 82.0 Å². The van der Waals surface area contributed by atoms with E-state index in [4.69, 9.17) is 8.83 Å². The van der Waals surface area contributed by atoms with E-state index in [0.717, 1.165) is 54.9 Å². The zero-order valence-corrected chi connectivity index (χ0v) is 26.5. The minimum absolute atomic E-state index is 0.414. The number of rotatable bonds is 3. The molecule has 0 aliphatic heterocycles. The molecule has 0 saturated carbocycles. The predicted molar refractivity (Wildman–Crippen MR) is 201 cm³/mol. The lowest BCUT2D eigenvalue weighted by Crippen LogP contribution is -1.93. The largest absolute Gasteiger partial charge is 0.454 e. The van der Waals surface area contributed by atoms with Crippen LogP contribution in [0.3, 0.4) is 0 Å². The van der Waals surface area contributed by atoms with E-state index in [0.29, 0.717) is 5.92 Å². The summed E-state index contributed by atoms with van der Waals surface area (Å²) >= 11 is 0. The lowest BCUT2D eigenvalue weighted by atomic mass is 9.89. The SMILES string of the molecule is CC(C)c1ccc(-c2cc3c4ccc5c6ccccc6oc5c4n4c3c(c2)c2ccc3c5ccccc5oc3c24)cc1-c1ccccc1. The van der Waals surface area contributed by atoms with Crippen molar-refractivity contribution in [3.63, 3.8) is 0 Å². The van der Waals surface area contributed by atoms with Crippen LogP contribution in [0.25, 0.3) is 104 Å². The Bertz CT molecular complexity index is 2920. The summed E-state index contributed by atoms with van der Waals surface area (Å²) in [4.78, 5) is 0. The van der Waals surface area contributed by atoms with Gasteiger partial charge >= 0.3 is 0 Å². The molecule has 0 bridgehead atoms. The predicted octanol–water partition coefficient (Wildman–Crippen LogP) is 13.1. The maximum atomic E-state index is 6.71. The minimum Gasteiger partial charge on any atom is -0.454 e. The maximum absolute atomic E-state index is 6.71. The maximum Gasteiger partial charge on any atom is 0.160 e. The molecule has 0 radical (unpaired) electrons. The van der Waals surface area contributed by atoms with E-state index in [-0.39, 0.29) is 0 Å². The summed E-state index contributed by atoms with van der Waals surface area (Å²) in [6.07, 6.45) is 0. The number of furan rings is 2. The van der Waals surface area contributed by atoms with Gasteiger partial charge in [0.2, 0.25) is 0 Å². The molecule has 3 heteroatoms. The average Bonchev–Trinajstić information content (AvgIpc) is 3.87. The molecule has 7 aromatic carbocycles. The van der Waals surface area contributed by atoms with Gasteiger partial charge in [-0.1, -0.05) is 105 Å². The molecule has 3 nitrogen and oxygen atoms in total. The van der Waals surface area contributed by atoms with Gasteiger partial charge in [0.1, 0.15) is 11.2 Å². The first-order valence-electron chi connectivity index (χ1n) is 16.7. The van der Waals surface area contributed by atoms with Gasteiger partial charge in [0.25, 0.3) is 0 Å². The van der Waals surface area contributed by atoms with Crippen molar-refractivity contribution in [2.24, 2.45) is 0 Å². The third-order valence-electron chi connectivity index (χ3n) is 10.5. The minimum atomic E-state index is 0.414. The highest BCUT2D eigenvalue weighted by Gasteiger charge is 2.25. The van der Waals surface area contributed by atoms with Gasteiger partial charge in [-0.2, -0.15) is 0 Å². The Kier molecular flexibility index (Phi) is 5.03. The van der Waals surface area contributed by atoms with Gasteiger partial charge in [-0.05, 0) is 76.2 Å². The van der Waals surface area contributed by atoms with Crippen molar-refractivity contribution < 1.29 is 8.83 Å². The quantitative estimate of drug-likeness (QED) is 0.198. The van der Waals surface area contributed by atoms with E-state index in [9.17, 15) is 0 Å². The molecule has 0 unspecified atom stereocenters. The molecule has 4 aromatic heterocycles. The number of hydrogen-bond acceptors (Lipinski definition) is 2. The highest BCUT2D eigenvalue weighted by Crippen LogP contribution is 2.48. The molecular formula is C45H29NO2. The number of aromatic nitrogens is 1. The molecule has 0 aliphatic carbocycles. The molecule has 4 heterocycles. The van der Waals surface area contributed by atoms with Crippen LogP contribution in [-0.4, -0.2) is 4.40 Å². The van der Waals surface area contributed by atoms with E-state index in [1.54, 1.807) is 0 Å². The van der Waals surface area contributed by atoms with Crippen molar-refractivity contribution in [1.82, 2.24) is 4.40 Å². The van der Waals surface area contributed by atoms with Crippen LogP contribution in [0.4, 0.5) is 0 Å². The van der Waals surface area contributed by atoms with Crippen LogP contribution in [-0.2, 0) is 0 Å². The summed E-state index contributed by atoms with van der Waals surface area (Å²) < 4.78 is 15.8. The molecular weight excluding hydrogens is 587 g/mol. The fourth-order valence-corrected chi connectivity index (χ4v) is 8.32. The molecule has 0 atom stereocenters. The molecule has 0 fully saturated rings. The Morgan fingerprint density at radius 3 is 1.54 bits per heavy atom. The molecule has 0 aliphatic rings. The van der Waals surface area contributed by atoms with Gasteiger partial charge < -0.3 is 13.2 Å². The van der Waals surface area contributed by atoms with Crippen molar-refractivity contribution in [3.8, 4) is 22.3 Å². The van der Waals surface area contributed by atoms with E-state index < -0.39 is 0 Å². The van der Waals surface area contributed by atoms with E-state index in [1.807, 2.05) is 12.1 Å². The van der Waals surface area contributed by atoms with Crippen molar-refractivity contribution in [2.45, 2.75) is 19.8 Å². The van der Waals surface area contributed by atoms with Gasteiger partial charge in [0.15, 0.2) is 11.2 Å². The Balaban J connectivity index is 1.32. The highest BCUT2D eigenvalue weighted by molar-refractivity contribution is 6.32. The average molecular weight is 616 g/mol. The number of fused-ring (bicyclic) bond motifs is 14. The fourth-order valence-electron chi connectivity index (χ4n) is 8.32. The lowest BCUT2D eigenvalue weighted by molar-refractivity contribution is 0.670. The second-order valence-electron chi connectivity index (χ2n) is 13.5. The Hall–Kier alpha value is -6.06. The number of benzene rings is 7. The Morgan fingerprint density at radius 2 is 0.958 bits per heavy atom. The van der Waals surface area contributed by atoms with Crippen molar-refractivity contribution in [3.05, 3.63) is 139 Å². The smallest absolute Gasteiger partial charge is 0.160 e. The molecule has 0 spiro atoms. The van der Waals surface area contributed by atoms with Crippen LogP contribution < -0.4 is 0 Å². The summed E-state index contributed by atoms with van der Waals surface area (Å²) in [6, 6.07) is 48.3. The second-order valence-corrected chi connectivity index (χ2v) is 13.5. The summed E-state index contributed by atoms with van der Waals surface area (Å²) in [5.74, 6) is 0.414. The first-order chi connectivity index (χ1) is 23.6. The van der Waals surface area contributed by atoms with Crippen LogP contribution in [0.15, 0.2) is 142 Å². The van der Waals surface area contributed by atoms with Crippen molar-refractivity contribution in [1.29, 1.82) is 0 Å². The molecule has 48 heavy (non-hydrogen) atoms. The number of para-hydroxylation sites is 2. The molecule has 11 aromatic rings. The zero-order valence-electron chi connectivity index (χ0n) is 26.5. The van der Waals surface area contributed by atoms with Crippen LogP contribution in [0, 0.1) is 0 Å². The van der Waals surface area contributed by atoms with E-state index in [1.165, 1.54) is 54.9 Å². The molecule has 0 amide bonds. The standard InChI is InChI=1S/C45H29NO2/c1-25(2)29-17-16-27(22-36(29)26-10-4-3-5-11-26)28-23-37-32-18-20-34-30-12-6-8-14-39(30)47-44(34)42(32)46-41(37)38(24-28)33-19-21-35-31-13-7-9-15-40(31)48-45(35)43(33)46/h3-25H,1-2H3. The summed E-state index contributed by atoms with van der Waals surface area (Å²) in [5, 5.41) is 9.31. The van der Waals surface area contributed by atoms with Crippen LogP contribution >= 0.6 is 0 Å². The Labute approximate surface area is 275 Å². The number of hydrogen-bond donors (Lipinski definition) is 0. The van der Waals surface area contributed by atoms with Crippen LogP contribution in [0.1, 0.15) is 25.3 Å². The lowest BCUT2D eigenvalue weighted by Gasteiger charge is -2.15. The zero-order chi connectivity index (χ0) is 31.7. The third-order valence-corrected chi connectivity index (χ3v) is 10.5. The normalized spacial score (nSPS) is 12.6. The van der Waals surface area contributed by atoms with Crippen LogP contribution in [0.2, 0.25) is 0 Å². The monoisotopic (exact) mass is 615 g/mol. The third kappa shape index (κ3) is 3.33. The molecule has 0 saturated heterocycles. The van der Waals surface area contributed by atoms with Gasteiger partial charge in [-0.3, -0.25) is 0 Å². The van der Waals surface area contributed by atoms with Gasteiger partial charge in [0.05, 0.1) is 16.6 Å². The molecule has 226 valence electrons. The van der Waals surface area contributed by atoms with Crippen LogP contribution in [0.5, 0.6) is 0 Å². The van der Waals surface area contributed by atoms with Gasteiger partial charge in [-0.25, -0.2) is 0 Å². The topological polar surface area (TPSA) is 30.7 Å². The van der Waals surface area contributed by atoms with E-state index >= 15 is 0 Å². The van der Waals surface area contributed by atoms with Crippen molar-refractivity contribution in [2.75, 3.05) is 0 Å². The molecule has 0 N–H and O–H groups in total. The first kappa shape index (κ1) is 26.1. The summed E-state index contributed by atoms with van der Waals surface area (Å²) in [6.45, 7) is 4.55. The van der Waals surface area contributed by atoms with Gasteiger partial charge in [-0.15, -0.1) is 0 Å².